The first-order chi connectivity index (χ1) is 18.8. The lowest BCUT2D eigenvalue weighted by Gasteiger charge is -2.38. The maximum absolute atomic E-state index is 13.6. The molecule has 1 N–H and O–H groups in total. The summed E-state index contributed by atoms with van der Waals surface area (Å²) in [5.41, 5.74) is 1.76. The van der Waals surface area contributed by atoms with Crippen LogP contribution in [-0.2, 0) is 16.1 Å². The van der Waals surface area contributed by atoms with Crippen LogP contribution in [-0.4, -0.2) is 59.8 Å². The summed E-state index contributed by atoms with van der Waals surface area (Å²) in [7, 11) is 1.62. The number of rotatable bonds is 9. The molecule has 0 unspecified atom stereocenters. The monoisotopic (exact) mass is 533 g/mol. The third kappa shape index (κ3) is 7.84. The van der Waals surface area contributed by atoms with E-state index < -0.39 is 0 Å². The van der Waals surface area contributed by atoms with Crippen molar-refractivity contribution in [3.63, 3.8) is 0 Å². The first-order valence-electron chi connectivity index (χ1n) is 14.4. The normalized spacial score (nSPS) is 19.9. The van der Waals surface area contributed by atoms with Gasteiger partial charge in [-0.3, -0.25) is 14.4 Å². The molecule has 0 atom stereocenters. The molecule has 39 heavy (non-hydrogen) atoms. The summed E-state index contributed by atoms with van der Waals surface area (Å²) in [6, 6.07) is 17.7. The third-order valence-electron chi connectivity index (χ3n) is 8.08. The molecule has 3 amide bonds. The summed E-state index contributed by atoms with van der Waals surface area (Å²) in [6.07, 6.45) is 5.43. The molecule has 1 aliphatic carbocycles. The molecule has 0 radical (unpaired) electrons. The summed E-state index contributed by atoms with van der Waals surface area (Å²) < 4.78 is 5.26. The van der Waals surface area contributed by atoms with Crippen molar-refractivity contribution in [1.82, 2.24) is 15.1 Å². The largest absolute Gasteiger partial charge is 0.497 e. The Bertz CT molecular complexity index is 1090. The zero-order chi connectivity index (χ0) is 27.8. The van der Waals surface area contributed by atoms with Gasteiger partial charge in [0.05, 0.1) is 7.11 Å². The Morgan fingerprint density at radius 2 is 1.56 bits per heavy atom. The van der Waals surface area contributed by atoms with Crippen LogP contribution in [0.5, 0.6) is 5.75 Å². The van der Waals surface area contributed by atoms with E-state index in [1.807, 2.05) is 52.3 Å². The Morgan fingerprint density at radius 3 is 2.15 bits per heavy atom. The smallest absolute Gasteiger partial charge is 0.254 e. The highest BCUT2D eigenvalue weighted by molar-refractivity contribution is 5.94. The number of hydrogen-bond donors (Lipinski definition) is 1. The zero-order valence-corrected chi connectivity index (χ0v) is 23.6. The van der Waals surface area contributed by atoms with Crippen LogP contribution in [0.1, 0.15) is 74.7 Å². The number of methoxy groups -OCH3 is 1. The molecule has 4 rings (SSSR count). The Kier molecular flexibility index (Phi) is 10.0. The summed E-state index contributed by atoms with van der Waals surface area (Å²) in [4.78, 5) is 42.9. The van der Waals surface area contributed by atoms with Crippen LogP contribution in [0.15, 0.2) is 54.6 Å². The SMILES string of the molecule is COc1ccc(C(=O)N(Cc2ccccc2)C2CCC(NC(=O)C3CCN(C(=O)CC(C)C)CC3)CC2)cc1. The molecule has 7 nitrogen and oxygen atoms in total. The number of ether oxygens (including phenoxy) is 1. The van der Waals surface area contributed by atoms with Crippen LogP contribution < -0.4 is 10.1 Å². The molecular weight excluding hydrogens is 490 g/mol. The molecule has 1 heterocycles. The Morgan fingerprint density at radius 1 is 0.923 bits per heavy atom. The topological polar surface area (TPSA) is 79.0 Å². The second kappa shape index (κ2) is 13.6. The van der Waals surface area contributed by atoms with Crippen LogP contribution in [0, 0.1) is 11.8 Å². The number of piperidine rings is 1. The van der Waals surface area contributed by atoms with Gasteiger partial charge in [-0.05, 0) is 74.3 Å². The van der Waals surface area contributed by atoms with Gasteiger partial charge in [-0.25, -0.2) is 0 Å². The summed E-state index contributed by atoms with van der Waals surface area (Å²) >= 11 is 0. The van der Waals surface area contributed by atoms with Gasteiger partial charge in [0, 0.05) is 49.6 Å². The number of likely N-dealkylation sites (tertiary alicyclic amines) is 1. The quantitative estimate of drug-likeness (QED) is 0.489. The van der Waals surface area contributed by atoms with E-state index in [2.05, 4.69) is 31.3 Å². The van der Waals surface area contributed by atoms with Gasteiger partial charge < -0.3 is 19.9 Å². The van der Waals surface area contributed by atoms with Crippen molar-refractivity contribution in [2.75, 3.05) is 20.2 Å². The van der Waals surface area contributed by atoms with Crippen molar-refractivity contribution in [3.05, 3.63) is 65.7 Å². The van der Waals surface area contributed by atoms with Crippen molar-refractivity contribution in [1.29, 1.82) is 0 Å². The number of nitrogens with zero attached hydrogens (tertiary/aromatic N) is 2. The molecule has 2 aromatic carbocycles. The second-order valence-electron chi connectivity index (χ2n) is 11.4. The van der Waals surface area contributed by atoms with E-state index in [1.54, 1.807) is 7.11 Å². The summed E-state index contributed by atoms with van der Waals surface area (Å²) in [5.74, 6) is 1.38. The fourth-order valence-electron chi connectivity index (χ4n) is 5.77. The van der Waals surface area contributed by atoms with Gasteiger partial charge in [0.15, 0.2) is 0 Å². The van der Waals surface area contributed by atoms with Crippen molar-refractivity contribution in [3.8, 4) is 5.75 Å². The Hall–Kier alpha value is -3.35. The highest BCUT2D eigenvalue weighted by atomic mass is 16.5. The molecule has 0 bridgehead atoms. The molecule has 1 saturated heterocycles. The molecule has 2 aliphatic rings. The van der Waals surface area contributed by atoms with Gasteiger partial charge >= 0.3 is 0 Å². The Labute approximate surface area is 232 Å². The van der Waals surface area contributed by atoms with Gasteiger partial charge in [0.1, 0.15) is 5.75 Å². The maximum Gasteiger partial charge on any atom is 0.254 e. The lowest BCUT2D eigenvalue weighted by molar-refractivity contribution is -0.136. The Balaban J connectivity index is 1.32. The average molecular weight is 534 g/mol. The van der Waals surface area contributed by atoms with Crippen LogP contribution in [0.4, 0.5) is 0 Å². The predicted molar refractivity (Wildman–Crippen MR) is 152 cm³/mol. The molecule has 2 aromatic rings. The number of amides is 3. The molecule has 7 heteroatoms. The van der Waals surface area contributed by atoms with Crippen molar-refractivity contribution >= 4 is 17.7 Å². The van der Waals surface area contributed by atoms with E-state index in [0.29, 0.717) is 37.5 Å². The zero-order valence-electron chi connectivity index (χ0n) is 23.6. The van der Waals surface area contributed by atoms with Gasteiger partial charge in [-0.15, -0.1) is 0 Å². The van der Waals surface area contributed by atoms with E-state index >= 15 is 0 Å². The fourth-order valence-corrected chi connectivity index (χ4v) is 5.77. The maximum atomic E-state index is 13.6. The highest BCUT2D eigenvalue weighted by Crippen LogP contribution is 2.28. The molecule has 210 valence electrons. The van der Waals surface area contributed by atoms with Crippen molar-refractivity contribution in [2.24, 2.45) is 11.8 Å². The van der Waals surface area contributed by atoms with Crippen molar-refractivity contribution in [2.45, 2.75) is 77.4 Å². The molecular formula is C32H43N3O4. The van der Waals surface area contributed by atoms with E-state index in [4.69, 9.17) is 4.74 Å². The highest BCUT2D eigenvalue weighted by Gasteiger charge is 2.32. The molecule has 2 fully saturated rings. The average Bonchev–Trinajstić information content (AvgIpc) is 2.96. The summed E-state index contributed by atoms with van der Waals surface area (Å²) in [5, 5.41) is 3.29. The minimum Gasteiger partial charge on any atom is -0.497 e. The number of carbonyl (C=O) groups is 3. The number of hydrogen-bond acceptors (Lipinski definition) is 4. The molecule has 1 aliphatic heterocycles. The predicted octanol–water partition coefficient (Wildman–Crippen LogP) is 5.05. The molecule has 0 spiro atoms. The molecule has 0 aromatic heterocycles. The van der Waals surface area contributed by atoms with Crippen LogP contribution in [0.3, 0.4) is 0 Å². The lowest BCUT2D eigenvalue weighted by atomic mass is 9.88. The first-order valence-corrected chi connectivity index (χ1v) is 14.4. The van der Waals surface area contributed by atoms with Crippen molar-refractivity contribution < 1.29 is 19.1 Å². The van der Waals surface area contributed by atoms with Crippen LogP contribution in [0.2, 0.25) is 0 Å². The second-order valence-corrected chi connectivity index (χ2v) is 11.4. The third-order valence-corrected chi connectivity index (χ3v) is 8.08. The number of benzene rings is 2. The number of nitrogens with one attached hydrogen (secondary N) is 1. The van der Waals surface area contributed by atoms with Gasteiger partial charge in [0.25, 0.3) is 5.91 Å². The van der Waals surface area contributed by atoms with Gasteiger partial charge in [-0.1, -0.05) is 44.2 Å². The van der Waals surface area contributed by atoms with E-state index in [0.717, 1.165) is 49.8 Å². The van der Waals surface area contributed by atoms with Crippen LogP contribution in [0.25, 0.3) is 0 Å². The van der Waals surface area contributed by atoms with E-state index in [9.17, 15) is 14.4 Å². The standard InChI is InChI=1S/C32H43N3O4/c1-23(2)21-30(36)34-19-17-25(18-20-34)31(37)33-27-11-13-28(14-12-27)35(22-24-7-5-4-6-8-24)32(38)26-9-15-29(39-3)16-10-26/h4-10,15-16,23,25,27-28H,11-14,17-22H2,1-3H3,(H,33,37). The molecule has 1 saturated carbocycles. The minimum absolute atomic E-state index is 0.0211. The van der Waals surface area contributed by atoms with E-state index in [-0.39, 0.29) is 35.7 Å². The van der Waals surface area contributed by atoms with Gasteiger partial charge in [-0.2, -0.15) is 0 Å². The first kappa shape index (κ1) is 28.7. The van der Waals surface area contributed by atoms with E-state index in [1.165, 1.54) is 0 Å². The van der Waals surface area contributed by atoms with Gasteiger partial charge in [0.2, 0.25) is 11.8 Å². The minimum atomic E-state index is -0.0305. The lowest BCUT2D eigenvalue weighted by Crippen LogP contribution is -2.48. The van der Waals surface area contributed by atoms with Crippen LogP contribution >= 0.6 is 0 Å². The fraction of sp³-hybridized carbons (Fsp3) is 0.531. The number of carbonyl (C=O) groups excluding carboxylic acids is 3. The summed E-state index contributed by atoms with van der Waals surface area (Å²) in [6.45, 7) is 6.00.